The molecule has 0 atom stereocenters. The maximum Gasteiger partial charge on any atom is 0.123 e. The van der Waals surface area contributed by atoms with Gasteiger partial charge in [0, 0.05) is 9.89 Å². The topological polar surface area (TPSA) is 40.5 Å². The first kappa shape index (κ1) is 15.2. The van der Waals surface area contributed by atoms with Crippen LogP contribution in [0.4, 0.5) is 4.39 Å². The Kier molecular flexibility index (Phi) is 4.91. The van der Waals surface area contributed by atoms with Gasteiger partial charge >= 0.3 is 0 Å². The molecule has 4 heteroatoms. The number of hydrogen-bond acceptors (Lipinski definition) is 2. The van der Waals surface area contributed by atoms with Crippen LogP contribution in [-0.4, -0.2) is 23.4 Å². The maximum atomic E-state index is 12.9. The summed E-state index contributed by atoms with van der Waals surface area (Å²) in [5.41, 5.74) is 0.964. The zero-order valence-electron chi connectivity index (χ0n) is 10.9. The molecule has 0 fully saturated rings. The highest BCUT2D eigenvalue weighted by atomic mass is 79.9. The minimum atomic E-state index is -0.765. The molecule has 0 amide bonds. The monoisotopic (exact) mass is 338 g/mol. The fourth-order valence-corrected chi connectivity index (χ4v) is 2.51. The fraction of sp³-hybridized carbons (Fsp3) is 0.250. The molecule has 2 aromatic rings. The summed E-state index contributed by atoms with van der Waals surface area (Å²) in [5.74, 6) is -0.295. The maximum absolute atomic E-state index is 12.9. The van der Waals surface area contributed by atoms with Crippen molar-refractivity contribution in [3.05, 3.63) is 69.9 Å². The quantitative estimate of drug-likeness (QED) is 0.879. The first-order valence-electron chi connectivity index (χ1n) is 6.32. The number of hydrogen-bond donors (Lipinski definition) is 2. The molecule has 20 heavy (non-hydrogen) atoms. The Labute approximate surface area is 126 Å². The fourth-order valence-electron chi connectivity index (χ4n) is 2.24. The molecule has 2 rings (SSSR count). The Bertz CT molecular complexity index is 548. The molecule has 0 aliphatic carbocycles. The first-order chi connectivity index (χ1) is 9.59. The van der Waals surface area contributed by atoms with E-state index in [0.717, 1.165) is 15.6 Å². The molecule has 0 radical (unpaired) electrons. The number of benzene rings is 2. The molecular formula is C16H16BrFO2. The van der Waals surface area contributed by atoms with Crippen LogP contribution in [-0.2, 0) is 11.8 Å². The predicted molar refractivity (Wildman–Crippen MR) is 80.1 cm³/mol. The molecule has 106 valence electrons. The van der Waals surface area contributed by atoms with Gasteiger partial charge in [-0.2, -0.15) is 0 Å². The average molecular weight is 339 g/mol. The lowest BCUT2D eigenvalue weighted by Crippen LogP contribution is -2.37. The highest BCUT2D eigenvalue weighted by molar-refractivity contribution is 9.10. The highest BCUT2D eigenvalue weighted by Crippen LogP contribution is 2.29. The van der Waals surface area contributed by atoms with E-state index in [1.165, 1.54) is 12.1 Å². The Morgan fingerprint density at radius 1 is 0.900 bits per heavy atom. The second kappa shape index (κ2) is 6.48. The van der Waals surface area contributed by atoms with Gasteiger partial charge < -0.3 is 10.2 Å². The zero-order chi connectivity index (χ0) is 14.6. The second-order valence-corrected chi connectivity index (χ2v) is 5.82. The number of halogens is 2. The minimum absolute atomic E-state index is 0.178. The van der Waals surface area contributed by atoms with E-state index in [-0.39, 0.29) is 19.0 Å². The lowest BCUT2D eigenvalue weighted by molar-refractivity contribution is 0.116. The van der Waals surface area contributed by atoms with E-state index in [1.54, 1.807) is 12.1 Å². The van der Waals surface area contributed by atoms with Crippen molar-refractivity contribution in [2.75, 3.05) is 13.2 Å². The summed E-state index contributed by atoms with van der Waals surface area (Å²) in [6.45, 7) is -0.356. The molecule has 0 bridgehead atoms. The molecule has 2 aromatic carbocycles. The molecule has 0 heterocycles. The summed E-state index contributed by atoms with van der Waals surface area (Å²) in [5, 5.41) is 19.5. The molecule has 0 aliphatic rings. The molecule has 0 saturated carbocycles. The van der Waals surface area contributed by atoms with Gasteiger partial charge in [-0.15, -0.1) is 0 Å². The Hall–Kier alpha value is -1.23. The lowest BCUT2D eigenvalue weighted by atomic mass is 9.77. The van der Waals surface area contributed by atoms with Crippen LogP contribution < -0.4 is 0 Å². The second-order valence-electron chi connectivity index (χ2n) is 4.91. The normalized spacial score (nSPS) is 11.6. The highest BCUT2D eigenvalue weighted by Gasteiger charge is 2.31. The van der Waals surface area contributed by atoms with E-state index in [0.29, 0.717) is 6.42 Å². The third kappa shape index (κ3) is 3.26. The van der Waals surface area contributed by atoms with E-state index in [2.05, 4.69) is 15.9 Å². The van der Waals surface area contributed by atoms with E-state index in [4.69, 9.17) is 0 Å². The van der Waals surface area contributed by atoms with Crippen molar-refractivity contribution in [1.29, 1.82) is 0 Å². The minimum Gasteiger partial charge on any atom is -0.395 e. The molecule has 2 nitrogen and oxygen atoms in total. The summed E-state index contributed by atoms with van der Waals surface area (Å²) in [7, 11) is 0. The smallest absolute Gasteiger partial charge is 0.123 e. The van der Waals surface area contributed by atoms with Crippen LogP contribution in [0.5, 0.6) is 0 Å². The lowest BCUT2D eigenvalue weighted by Gasteiger charge is -2.30. The van der Waals surface area contributed by atoms with Crippen molar-refractivity contribution in [3.63, 3.8) is 0 Å². The average Bonchev–Trinajstić information content (AvgIpc) is 2.48. The standard InChI is InChI=1S/C16H16BrFO2/c17-14-5-3-13(4-6-14)16(10-19,11-20)9-12-1-7-15(18)8-2-12/h1-8,19-20H,9-11H2. The van der Waals surface area contributed by atoms with Gasteiger partial charge in [0.25, 0.3) is 0 Å². The summed E-state index contributed by atoms with van der Waals surface area (Å²) >= 11 is 3.36. The van der Waals surface area contributed by atoms with Gasteiger partial charge in [0.15, 0.2) is 0 Å². The van der Waals surface area contributed by atoms with Gasteiger partial charge in [-0.05, 0) is 41.8 Å². The van der Waals surface area contributed by atoms with Crippen LogP contribution in [0.1, 0.15) is 11.1 Å². The summed E-state index contributed by atoms with van der Waals surface area (Å²) < 4.78 is 13.9. The summed E-state index contributed by atoms with van der Waals surface area (Å²) in [6.07, 6.45) is 0.446. The van der Waals surface area contributed by atoms with Gasteiger partial charge in [-0.1, -0.05) is 40.2 Å². The molecule has 0 aromatic heterocycles. The van der Waals surface area contributed by atoms with Crippen molar-refractivity contribution in [2.45, 2.75) is 11.8 Å². The molecule has 0 spiro atoms. The van der Waals surface area contributed by atoms with Gasteiger partial charge in [0.05, 0.1) is 13.2 Å². The SMILES string of the molecule is OCC(CO)(Cc1ccc(F)cc1)c1ccc(Br)cc1. The summed E-state index contributed by atoms with van der Waals surface area (Å²) in [4.78, 5) is 0. The predicted octanol–water partition coefficient (Wildman–Crippen LogP) is 3.05. The number of aliphatic hydroxyl groups excluding tert-OH is 2. The van der Waals surface area contributed by atoms with Gasteiger partial charge in [0.2, 0.25) is 0 Å². The molecular weight excluding hydrogens is 323 g/mol. The number of rotatable bonds is 5. The van der Waals surface area contributed by atoms with E-state index in [9.17, 15) is 14.6 Å². The Morgan fingerprint density at radius 3 is 1.95 bits per heavy atom. The number of aliphatic hydroxyl groups is 2. The van der Waals surface area contributed by atoms with Crippen LogP contribution in [0.3, 0.4) is 0 Å². The largest absolute Gasteiger partial charge is 0.395 e. The van der Waals surface area contributed by atoms with Crippen LogP contribution in [0.2, 0.25) is 0 Å². The third-order valence-electron chi connectivity index (χ3n) is 3.52. The molecule has 0 aliphatic heterocycles. The van der Waals surface area contributed by atoms with Crippen molar-refractivity contribution >= 4 is 15.9 Å². The molecule has 2 N–H and O–H groups in total. The van der Waals surface area contributed by atoms with E-state index >= 15 is 0 Å². The third-order valence-corrected chi connectivity index (χ3v) is 4.05. The van der Waals surface area contributed by atoms with Crippen LogP contribution >= 0.6 is 15.9 Å². The van der Waals surface area contributed by atoms with Gasteiger partial charge in [0.1, 0.15) is 5.82 Å². The summed E-state index contributed by atoms with van der Waals surface area (Å²) in [6, 6.07) is 13.6. The van der Waals surface area contributed by atoms with Gasteiger partial charge in [-0.25, -0.2) is 4.39 Å². The molecule has 0 unspecified atom stereocenters. The Balaban J connectivity index is 2.33. The van der Waals surface area contributed by atoms with Crippen LogP contribution in [0.25, 0.3) is 0 Å². The van der Waals surface area contributed by atoms with Crippen molar-refractivity contribution in [1.82, 2.24) is 0 Å². The van der Waals surface area contributed by atoms with Crippen molar-refractivity contribution < 1.29 is 14.6 Å². The molecule has 0 saturated heterocycles. The van der Waals surface area contributed by atoms with E-state index < -0.39 is 5.41 Å². The van der Waals surface area contributed by atoms with E-state index in [1.807, 2.05) is 24.3 Å². The van der Waals surface area contributed by atoms with Crippen molar-refractivity contribution in [2.24, 2.45) is 0 Å². The van der Waals surface area contributed by atoms with Crippen molar-refractivity contribution in [3.8, 4) is 0 Å². The Morgan fingerprint density at radius 2 is 1.45 bits per heavy atom. The van der Waals surface area contributed by atoms with Gasteiger partial charge in [-0.3, -0.25) is 0 Å². The van der Waals surface area contributed by atoms with Crippen LogP contribution in [0, 0.1) is 5.82 Å². The van der Waals surface area contributed by atoms with Crippen LogP contribution in [0.15, 0.2) is 53.0 Å². The first-order valence-corrected chi connectivity index (χ1v) is 7.11. The zero-order valence-corrected chi connectivity index (χ0v) is 12.5.